The number of aliphatic carboxylic acids is 1. The van der Waals surface area contributed by atoms with Crippen LogP contribution in [0.15, 0.2) is 23.3 Å². The summed E-state index contributed by atoms with van der Waals surface area (Å²) < 4.78 is 15.5. The number of hydrogen-bond donors (Lipinski definition) is 3. The minimum atomic E-state index is -1.11. The number of hydrogen-bond acceptors (Lipinski definition) is 7. The minimum Gasteiger partial charge on any atom is -0.493 e. The normalized spacial score (nSPS) is 10.7. The molecule has 0 heterocycles. The molecule has 0 radical (unpaired) electrons. The predicted molar refractivity (Wildman–Crippen MR) is 101 cm³/mol. The number of carbonyl (C=O) groups excluding carboxylic acids is 2. The first-order valence-corrected chi connectivity index (χ1v) is 8.59. The third-order valence-electron chi connectivity index (χ3n) is 3.18. The number of methoxy groups -OCH3 is 1. The maximum Gasteiger partial charge on any atom is 0.341 e. The fourth-order valence-corrected chi connectivity index (χ4v) is 1.91. The van der Waals surface area contributed by atoms with E-state index < -0.39 is 24.4 Å². The van der Waals surface area contributed by atoms with Crippen LogP contribution in [-0.4, -0.2) is 62.1 Å². The minimum absolute atomic E-state index is 0.116. The van der Waals surface area contributed by atoms with Crippen molar-refractivity contribution in [2.45, 2.75) is 26.4 Å². The van der Waals surface area contributed by atoms with E-state index in [1.165, 1.54) is 19.4 Å². The van der Waals surface area contributed by atoms with Crippen LogP contribution in [0.25, 0.3) is 0 Å². The number of carboxylic acids is 1. The molecule has 1 aromatic rings. The third-order valence-corrected chi connectivity index (χ3v) is 3.18. The van der Waals surface area contributed by atoms with Crippen molar-refractivity contribution < 1.29 is 33.7 Å². The van der Waals surface area contributed by atoms with E-state index in [0.717, 1.165) is 0 Å². The number of carbonyl (C=O) groups is 3. The average Bonchev–Trinajstić information content (AvgIpc) is 2.65. The molecule has 0 aliphatic rings. The second-order valence-corrected chi connectivity index (χ2v) is 5.82. The summed E-state index contributed by atoms with van der Waals surface area (Å²) in [5.74, 6) is -2.24. The van der Waals surface area contributed by atoms with Crippen LogP contribution < -0.4 is 20.2 Å². The summed E-state index contributed by atoms with van der Waals surface area (Å²) in [5.41, 5.74) is 2.67. The van der Waals surface area contributed by atoms with Gasteiger partial charge in [-0.1, -0.05) is 0 Å². The second-order valence-electron chi connectivity index (χ2n) is 5.82. The second kappa shape index (κ2) is 12.3. The van der Waals surface area contributed by atoms with Gasteiger partial charge in [0.25, 0.3) is 0 Å². The number of benzene rings is 1. The van der Waals surface area contributed by atoms with E-state index in [9.17, 15) is 14.4 Å². The first kappa shape index (κ1) is 22.9. The van der Waals surface area contributed by atoms with Crippen molar-refractivity contribution in [1.82, 2.24) is 10.7 Å². The zero-order valence-corrected chi connectivity index (χ0v) is 16.1. The van der Waals surface area contributed by atoms with Gasteiger partial charge in [0.1, 0.15) is 0 Å². The van der Waals surface area contributed by atoms with E-state index in [1.54, 1.807) is 12.1 Å². The molecular formula is C18H25N3O7. The Labute approximate surface area is 162 Å². The molecule has 1 rings (SSSR count). The lowest BCUT2D eigenvalue weighted by atomic mass is 10.2. The Morgan fingerprint density at radius 1 is 1.21 bits per heavy atom. The van der Waals surface area contributed by atoms with Crippen molar-refractivity contribution in [3.8, 4) is 11.5 Å². The number of nitrogens with zero attached hydrogens (tertiary/aromatic N) is 1. The van der Waals surface area contributed by atoms with Crippen LogP contribution in [0.5, 0.6) is 11.5 Å². The molecule has 0 unspecified atom stereocenters. The highest BCUT2D eigenvalue weighted by molar-refractivity contribution is 6.35. The van der Waals surface area contributed by atoms with Crippen molar-refractivity contribution in [2.24, 2.45) is 5.10 Å². The molecule has 0 aliphatic carbocycles. The Bertz CT molecular complexity index is 704. The highest BCUT2D eigenvalue weighted by atomic mass is 16.5. The van der Waals surface area contributed by atoms with Crippen LogP contribution in [0.1, 0.15) is 25.8 Å². The predicted octanol–water partition coefficient (Wildman–Crippen LogP) is 0.540. The van der Waals surface area contributed by atoms with E-state index in [2.05, 4.69) is 15.8 Å². The molecule has 10 nitrogen and oxygen atoms in total. The molecule has 28 heavy (non-hydrogen) atoms. The van der Waals surface area contributed by atoms with Crippen molar-refractivity contribution >= 4 is 24.0 Å². The SMILES string of the molecule is COc1cc(/C=N\NC(=O)C(=O)NCCCOC(C)C)ccc1OCC(=O)O. The first-order valence-electron chi connectivity index (χ1n) is 8.59. The number of nitrogens with one attached hydrogen (secondary N) is 2. The lowest BCUT2D eigenvalue weighted by Crippen LogP contribution is -2.38. The van der Waals surface area contributed by atoms with Gasteiger partial charge in [0.15, 0.2) is 18.1 Å². The molecule has 0 spiro atoms. The summed E-state index contributed by atoms with van der Waals surface area (Å²) in [5, 5.41) is 14.8. The summed E-state index contributed by atoms with van der Waals surface area (Å²) in [7, 11) is 1.40. The number of amides is 2. The molecule has 0 fully saturated rings. The van der Waals surface area contributed by atoms with Gasteiger partial charge in [-0.15, -0.1) is 0 Å². The molecule has 154 valence electrons. The van der Waals surface area contributed by atoms with Gasteiger partial charge < -0.3 is 24.6 Å². The van der Waals surface area contributed by atoms with Crippen LogP contribution in [-0.2, 0) is 19.1 Å². The van der Waals surface area contributed by atoms with Crippen molar-refractivity contribution in [2.75, 3.05) is 26.9 Å². The summed E-state index contributed by atoms with van der Waals surface area (Å²) in [6, 6.07) is 4.64. The fraction of sp³-hybridized carbons (Fsp3) is 0.444. The van der Waals surface area contributed by atoms with Crippen LogP contribution in [0.2, 0.25) is 0 Å². The molecule has 1 aromatic carbocycles. The molecule has 3 N–H and O–H groups in total. The molecule has 2 amide bonds. The molecule has 10 heteroatoms. The third kappa shape index (κ3) is 8.99. The quantitative estimate of drug-likeness (QED) is 0.215. The number of rotatable bonds is 11. The van der Waals surface area contributed by atoms with Gasteiger partial charge in [0.2, 0.25) is 0 Å². The van der Waals surface area contributed by atoms with E-state index in [-0.39, 0.29) is 11.9 Å². The zero-order chi connectivity index (χ0) is 20.9. The zero-order valence-electron chi connectivity index (χ0n) is 16.1. The Balaban J connectivity index is 2.47. The molecule has 0 saturated carbocycles. The Hall–Kier alpha value is -3.14. The summed E-state index contributed by atoms with van der Waals surface area (Å²) in [6.45, 7) is 4.13. The largest absolute Gasteiger partial charge is 0.493 e. The molecular weight excluding hydrogens is 370 g/mol. The van der Waals surface area contributed by atoms with Crippen molar-refractivity contribution in [1.29, 1.82) is 0 Å². The maximum atomic E-state index is 11.7. The Morgan fingerprint density at radius 2 is 1.96 bits per heavy atom. The van der Waals surface area contributed by atoms with Crippen LogP contribution >= 0.6 is 0 Å². The molecule has 0 atom stereocenters. The van der Waals surface area contributed by atoms with E-state index in [4.69, 9.17) is 19.3 Å². The van der Waals surface area contributed by atoms with Crippen molar-refractivity contribution in [3.05, 3.63) is 23.8 Å². The van der Waals surface area contributed by atoms with Gasteiger partial charge in [0.05, 0.1) is 19.4 Å². The van der Waals surface area contributed by atoms with Gasteiger partial charge in [-0.05, 0) is 44.0 Å². The smallest absolute Gasteiger partial charge is 0.341 e. The number of ether oxygens (including phenoxy) is 3. The highest BCUT2D eigenvalue weighted by Gasteiger charge is 2.11. The average molecular weight is 395 g/mol. The summed E-state index contributed by atoms with van der Waals surface area (Å²) >= 11 is 0. The Morgan fingerprint density at radius 3 is 2.61 bits per heavy atom. The van der Waals surface area contributed by atoms with Gasteiger partial charge in [-0.3, -0.25) is 9.59 Å². The summed E-state index contributed by atoms with van der Waals surface area (Å²) in [4.78, 5) is 33.9. The number of hydrazone groups is 1. The van der Waals surface area contributed by atoms with E-state index in [1.807, 2.05) is 13.8 Å². The summed E-state index contributed by atoms with van der Waals surface area (Å²) in [6.07, 6.45) is 2.02. The van der Waals surface area contributed by atoms with Gasteiger partial charge in [0, 0.05) is 13.2 Å². The Kier molecular flexibility index (Phi) is 10.0. The van der Waals surface area contributed by atoms with Crippen LogP contribution in [0, 0.1) is 0 Å². The monoisotopic (exact) mass is 395 g/mol. The molecule has 0 aromatic heterocycles. The maximum absolute atomic E-state index is 11.7. The topological polar surface area (TPSA) is 136 Å². The van der Waals surface area contributed by atoms with Crippen molar-refractivity contribution in [3.63, 3.8) is 0 Å². The van der Waals surface area contributed by atoms with Crippen LogP contribution in [0.3, 0.4) is 0 Å². The molecule has 0 saturated heterocycles. The van der Waals surface area contributed by atoms with Gasteiger partial charge in [-0.2, -0.15) is 5.10 Å². The van der Waals surface area contributed by atoms with Gasteiger partial charge in [-0.25, -0.2) is 10.2 Å². The fourth-order valence-electron chi connectivity index (χ4n) is 1.91. The molecule has 0 bridgehead atoms. The lowest BCUT2D eigenvalue weighted by molar-refractivity contribution is -0.139. The lowest BCUT2D eigenvalue weighted by Gasteiger charge is -2.09. The highest BCUT2D eigenvalue weighted by Crippen LogP contribution is 2.27. The van der Waals surface area contributed by atoms with E-state index in [0.29, 0.717) is 30.9 Å². The van der Waals surface area contributed by atoms with Crippen LogP contribution in [0.4, 0.5) is 0 Å². The first-order chi connectivity index (χ1) is 13.3. The van der Waals surface area contributed by atoms with Gasteiger partial charge >= 0.3 is 17.8 Å². The van der Waals surface area contributed by atoms with E-state index >= 15 is 0 Å². The molecule has 0 aliphatic heterocycles. The standard InChI is InChI=1S/C18H25N3O7/c1-12(2)27-8-4-7-19-17(24)18(25)21-20-10-13-5-6-14(15(9-13)26-3)28-11-16(22)23/h5-6,9-10,12H,4,7-8,11H2,1-3H3,(H,19,24)(H,21,25)(H,22,23)/b20-10-. The number of carboxylic acid groups (broad SMARTS) is 1.